The van der Waals surface area contributed by atoms with Crippen LogP contribution in [0, 0.1) is 0 Å². The van der Waals surface area contributed by atoms with Gasteiger partial charge >= 0.3 is 0 Å². The van der Waals surface area contributed by atoms with Crippen molar-refractivity contribution in [2.45, 2.75) is 39.3 Å². The first-order valence-electron chi connectivity index (χ1n) is 9.65. The van der Waals surface area contributed by atoms with Crippen LogP contribution >= 0.6 is 23.2 Å². The van der Waals surface area contributed by atoms with Gasteiger partial charge in [-0.3, -0.25) is 9.59 Å². The van der Waals surface area contributed by atoms with Crippen molar-refractivity contribution in [3.8, 4) is 5.75 Å². The van der Waals surface area contributed by atoms with E-state index >= 15 is 0 Å². The van der Waals surface area contributed by atoms with Crippen molar-refractivity contribution in [3.05, 3.63) is 64.1 Å². The highest BCUT2D eigenvalue weighted by atomic mass is 35.5. The smallest absolute Gasteiger partial charge is 0.261 e. The molecule has 1 N–H and O–H groups in total. The molecule has 0 heterocycles. The molecule has 0 saturated carbocycles. The minimum atomic E-state index is -0.598. The lowest BCUT2D eigenvalue weighted by Gasteiger charge is -2.30. The summed E-state index contributed by atoms with van der Waals surface area (Å²) in [5, 5.41) is 3.92. The molecule has 7 heteroatoms. The van der Waals surface area contributed by atoms with Gasteiger partial charge in [0.15, 0.2) is 6.61 Å². The van der Waals surface area contributed by atoms with E-state index in [4.69, 9.17) is 27.9 Å². The highest BCUT2D eigenvalue weighted by Crippen LogP contribution is 2.23. The van der Waals surface area contributed by atoms with Crippen LogP contribution in [0.3, 0.4) is 0 Å². The molecule has 0 aliphatic rings. The molecule has 2 amide bonds. The SMILES string of the molecule is CCCNC(=O)[C@@H](CC)N(Cc1ccc(Cl)cc1)C(=O)COc1ccccc1Cl. The molecule has 0 aromatic heterocycles. The lowest BCUT2D eigenvalue weighted by Crippen LogP contribution is -2.50. The van der Waals surface area contributed by atoms with Gasteiger partial charge in [-0.15, -0.1) is 0 Å². The number of halogens is 2. The molecule has 5 nitrogen and oxygen atoms in total. The lowest BCUT2D eigenvalue weighted by atomic mass is 10.1. The van der Waals surface area contributed by atoms with E-state index in [1.54, 1.807) is 41.3 Å². The molecule has 0 fully saturated rings. The second-order valence-corrected chi connectivity index (χ2v) is 7.43. The topological polar surface area (TPSA) is 58.6 Å². The van der Waals surface area contributed by atoms with Crippen LogP contribution in [0.1, 0.15) is 32.3 Å². The number of nitrogens with one attached hydrogen (secondary N) is 1. The molecule has 29 heavy (non-hydrogen) atoms. The molecule has 2 aromatic carbocycles. The number of ether oxygens (including phenoxy) is 1. The predicted octanol–water partition coefficient (Wildman–Crippen LogP) is 4.71. The first kappa shape index (κ1) is 23.0. The monoisotopic (exact) mass is 436 g/mol. The molecule has 1 atom stereocenters. The Bertz CT molecular complexity index is 812. The van der Waals surface area contributed by atoms with Crippen LogP contribution in [0.4, 0.5) is 0 Å². The van der Waals surface area contributed by atoms with Crippen molar-refractivity contribution >= 4 is 35.0 Å². The molecule has 0 radical (unpaired) electrons. The van der Waals surface area contributed by atoms with Crippen LogP contribution in [0.15, 0.2) is 48.5 Å². The Balaban J connectivity index is 2.19. The Hall–Kier alpha value is -2.24. The van der Waals surface area contributed by atoms with E-state index < -0.39 is 6.04 Å². The first-order chi connectivity index (χ1) is 14.0. The van der Waals surface area contributed by atoms with Crippen molar-refractivity contribution in [3.63, 3.8) is 0 Å². The third-order valence-corrected chi connectivity index (χ3v) is 4.95. The van der Waals surface area contributed by atoms with E-state index in [0.29, 0.717) is 28.8 Å². The summed E-state index contributed by atoms with van der Waals surface area (Å²) in [5.41, 5.74) is 0.877. The maximum absolute atomic E-state index is 13.0. The Morgan fingerprint density at radius 2 is 1.76 bits per heavy atom. The Labute approximate surface area is 181 Å². The Kier molecular flexibility index (Phi) is 9.29. The van der Waals surface area contributed by atoms with Gasteiger partial charge in [0.05, 0.1) is 5.02 Å². The summed E-state index contributed by atoms with van der Waals surface area (Å²) in [6.45, 7) is 4.49. The molecule has 0 bridgehead atoms. The van der Waals surface area contributed by atoms with Gasteiger partial charge in [0.1, 0.15) is 11.8 Å². The molecule has 156 valence electrons. The summed E-state index contributed by atoms with van der Waals surface area (Å²) in [5.74, 6) is -0.0368. The third kappa shape index (κ3) is 6.94. The fourth-order valence-electron chi connectivity index (χ4n) is 2.86. The number of carbonyl (C=O) groups excluding carboxylic acids is 2. The normalized spacial score (nSPS) is 11.6. The average Bonchev–Trinajstić information content (AvgIpc) is 2.72. The molecule has 0 saturated heterocycles. The number of rotatable bonds is 10. The van der Waals surface area contributed by atoms with Gasteiger partial charge in [-0.25, -0.2) is 0 Å². The zero-order valence-electron chi connectivity index (χ0n) is 16.7. The van der Waals surface area contributed by atoms with Gasteiger partial charge in [0, 0.05) is 18.1 Å². The number of para-hydroxylation sites is 1. The largest absolute Gasteiger partial charge is 0.482 e. The van der Waals surface area contributed by atoms with Crippen LogP contribution in [0.25, 0.3) is 0 Å². The van der Waals surface area contributed by atoms with E-state index in [1.165, 1.54) is 0 Å². The summed E-state index contributed by atoms with van der Waals surface area (Å²) < 4.78 is 5.62. The fourth-order valence-corrected chi connectivity index (χ4v) is 3.17. The van der Waals surface area contributed by atoms with Crippen LogP contribution in [0.2, 0.25) is 10.0 Å². The summed E-state index contributed by atoms with van der Waals surface area (Å²) in [7, 11) is 0. The van der Waals surface area contributed by atoms with E-state index in [9.17, 15) is 9.59 Å². The van der Waals surface area contributed by atoms with Gasteiger partial charge < -0.3 is 15.0 Å². The summed E-state index contributed by atoms with van der Waals surface area (Å²) in [6.07, 6.45) is 1.31. The predicted molar refractivity (Wildman–Crippen MR) is 116 cm³/mol. The Morgan fingerprint density at radius 1 is 1.07 bits per heavy atom. The van der Waals surface area contributed by atoms with Gasteiger partial charge in [-0.1, -0.05) is 61.3 Å². The molecule has 0 unspecified atom stereocenters. The van der Waals surface area contributed by atoms with E-state index in [0.717, 1.165) is 12.0 Å². The number of carbonyl (C=O) groups is 2. The average molecular weight is 437 g/mol. The molecular formula is C22H26Cl2N2O3. The third-order valence-electron chi connectivity index (χ3n) is 4.39. The van der Waals surface area contributed by atoms with Crippen LogP contribution < -0.4 is 10.1 Å². The second-order valence-electron chi connectivity index (χ2n) is 6.58. The zero-order valence-corrected chi connectivity index (χ0v) is 18.2. The minimum Gasteiger partial charge on any atom is -0.482 e. The molecule has 2 rings (SSSR count). The highest BCUT2D eigenvalue weighted by Gasteiger charge is 2.28. The van der Waals surface area contributed by atoms with Gasteiger partial charge in [0.2, 0.25) is 5.91 Å². The van der Waals surface area contributed by atoms with Gasteiger partial charge in [-0.05, 0) is 42.7 Å². The number of hydrogen-bond donors (Lipinski definition) is 1. The van der Waals surface area contributed by atoms with Crippen LogP contribution in [-0.2, 0) is 16.1 Å². The Morgan fingerprint density at radius 3 is 2.38 bits per heavy atom. The number of benzene rings is 2. The van der Waals surface area contributed by atoms with Crippen molar-refractivity contribution in [2.75, 3.05) is 13.2 Å². The number of amides is 2. The molecule has 0 spiro atoms. The number of nitrogens with zero attached hydrogens (tertiary/aromatic N) is 1. The summed E-state index contributed by atoms with van der Waals surface area (Å²) >= 11 is 12.1. The standard InChI is InChI=1S/C22H26Cl2N2O3/c1-3-13-25-22(28)19(4-2)26(14-16-9-11-17(23)12-10-16)21(27)15-29-20-8-6-5-7-18(20)24/h5-12,19H,3-4,13-15H2,1-2H3,(H,25,28)/t19-/m1/s1. The van der Waals surface area contributed by atoms with E-state index in [-0.39, 0.29) is 25.0 Å². The highest BCUT2D eigenvalue weighted by molar-refractivity contribution is 6.32. The minimum absolute atomic E-state index is 0.172. The molecular weight excluding hydrogens is 411 g/mol. The fraction of sp³-hybridized carbons (Fsp3) is 0.364. The maximum Gasteiger partial charge on any atom is 0.261 e. The summed E-state index contributed by atoms with van der Waals surface area (Å²) in [6, 6.07) is 13.6. The maximum atomic E-state index is 13.0. The summed E-state index contributed by atoms with van der Waals surface area (Å²) in [4.78, 5) is 27.2. The van der Waals surface area contributed by atoms with Crippen LogP contribution in [-0.4, -0.2) is 35.9 Å². The van der Waals surface area contributed by atoms with Crippen LogP contribution in [0.5, 0.6) is 5.75 Å². The van der Waals surface area contributed by atoms with Gasteiger partial charge in [0.25, 0.3) is 5.91 Å². The van der Waals surface area contributed by atoms with Crippen molar-refractivity contribution in [2.24, 2.45) is 0 Å². The van der Waals surface area contributed by atoms with E-state index in [1.807, 2.05) is 26.0 Å². The van der Waals surface area contributed by atoms with Crippen molar-refractivity contribution in [1.29, 1.82) is 0 Å². The quantitative estimate of drug-likeness (QED) is 0.586. The van der Waals surface area contributed by atoms with Crippen molar-refractivity contribution in [1.82, 2.24) is 10.2 Å². The van der Waals surface area contributed by atoms with Crippen molar-refractivity contribution < 1.29 is 14.3 Å². The molecule has 0 aliphatic carbocycles. The second kappa shape index (κ2) is 11.7. The first-order valence-corrected chi connectivity index (χ1v) is 10.4. The number of hydrogen-bond acceptors (Lipinski definition) is 3. The molecule has 2 aromatic rings. The lowest BCUT2D eigenvalue weighted by molar-refractivity contribution is -0.143. The zero-order chi connectivity index (χ0) is 21.2. The van der Waals surface area contributed by atoms with E-state index in [2.05, 4.69) is 5.32 Å². The van der Waals surface area contributed by atoms with Gasteiger partial charge in [-0.2, -0.15) is 0 Å². The molecule has 0 aliphatic heterocycles.